The number of nitrogens with zero attached hydrogens (tertiary/aromatic N) is 2. The summed E-state index contributed by atoms with van der Waals surface area (Å²) in [6.07, 6.45) is 0. The van der Waals surface area contributed by atoms with E-state index in [-0.39, 0.29) is 0 Å². The molecule has 0 saturated carbocycles. The van der Waals surface area contributed by atoms with Gasteiger partial charge < -0.3 is 4.90 Å². The van der Waals surface area contributed by atoms with Gasteiger partial charge >= 0.3 is 0 Å². The molecule has 0 aliphatic rings. The minimum Gasteiger partial charge on any atom is -0.370 e. The Balaban J connectivity index is 2.15. The van der Waals surface area contributed by atoms with Gasteiger partial charge in [-0.3, -0.25) is 0 Å². The third-order valence-electron chi connectivity index (χ3n) is 2.80. The first-order valence-corrected chi connectivity index (χ1v) is 6.44. The Hall–Kier alpha value is -1.79. The first-order chi connectivity index (χ1) is 8.70. The molecule has 0 aliphatic carbocycles. The Kier molecular flexibility index (Phi) is 4.01. The minimum atomic E-state index is 0.688. The summed E-state index contributed by atoms with van der Waals surface area (Å²) < 4.78 is 1.12. The van der Waals surface area contributed by atoms with E-state index in [1.165, 1.54) is 5.56 Å². The van der Waals surface area contributed by atoms with Crippen LogP contribution in [0.4, 0.5) is 5.69 Å². The van der Waals surface area contributed by atoms with Gasteiger partial charge in [0, 0.05) is 23.8 Å². The van der Waals surface area contributed by atoms with Crippen LogP contribution in [0, 0.1) is 11.3 Å². The predicted molar refractivity (Wildman–Crippen MR) is 77.4 cm³/mol. The molecule has 0 N–H and O–H groups in total. The smallest absolute Gasteiger partial charge is 0.0991 e. The molecule has 0 amide bonds. The van der Waals surface area contributed by atoms with Gasteiger partial charge in [0.15, 0.2) is 0 Å². The van der Waals surface area contributed by atoms with Crippen LogP contribution in [0.2, 0.25) is 0 Å². The number of benzene rings is 2. The topological polar surface area (TPSA) is 27.0 Å². The Labute approximate surface area is 116 Å². The lowest BCUT2D eigenvalue weighted by atomic mass is 10.2. The predicted octanol–water partition coefficient (Wildman–Crippen LogP) is 3.96. The van der Waals surface area contributed by atoms with Crippen molar-refractivity contribution in [3.63, 3.8) is 0 Å². The highest BCUT2D eigenvalue weighted by Gasteiger charge is 2.04. The molecule has 0 heterocycles. The molecular formula is C15H13BrN2. The Morgan fingerprint density at radius 1 is 1.11 bits per heavy atom. The molecule has 0 bridgehead atoms. The van der Waals surface area contributed by atoms with Crippen LogP contribution in [0.5, 0.6) is 0 Å². The van der Waals surface area contributed by atoms with Crippen LogP contribution in [0.15, 0.2) is 53.0 Å². The fraction of sp³-hybridized carbons (Fsp3) is 0.133. The molecule has 0 aliphatic heterocycles. The summed E-state index contributed by atoms with van der Waals surface area (Å²) in [6.45, 7) is 0.827. The van der Waals surface area contributed by atoms with Crippen molar-refractivity contribution in [1.29, 1.82) is 5.26 Å². The highest BCUT2D eigenvalue weighted by atomic mass is 79.9. The second-order valence-corrected chi connectivity index (χ2v) is 4.96. The molecule has 2 nitrogen and oxygen atoms in total. The van der Waals surface area contributed by atoms with E-state index in [9.17, 15) is 0 Å². The lowest BCUT2D eigenvalue weighted by Gasteiger charge is -2.20. The molecule has 0 saturated heterocycles. The molecule has 2 aromatic carbocycles. The second kappa shape index (κ2) is 5.70. The second-order valence-electron chi connectivity index (χ2n) is 4.11. The van der Waals surface area contributed by atoms with Crippen molar-refractivity contribution >= 4 is 21.6 Å². The maximum atomic E-state index is 8.77. The summed E-state index contributed by atoms with van der Waals surface area (Å²) in [6, 6.07) is 17.9. The fourth-order valence-electron chi connectivity index (χ4n) is 1.76. The largest absolute Gasteiger partial charge is 0.370 e. The Morgan fingerprint density at radius 3 is 2.39 bits per heavy atom. The van der Waals surface area contributed by atoms with Crippen molar-refractivity contribution in [2.24, 2.45) is 0 Å². The quantitative estimate of drug-likeness (QED) is 0.858. The van der Waals surface area contributed by atoms with E-state index >= 15 is 0 Å². The number of hydrogen-bond donors (Lipinski definition) is 0. The highest BCUT2D eigenvalue weighted by Crippen LogP contribution is 2.21. The van der Waals surface area contributed by atoms with Crippen molar-refractivity contribution < 1.29 is 0 Å². The van der Waals surface area contributed by atoms with E-state index in [2.05, 4.69) is 33.0 Å². The van der Waals surface area contributed by atoms with E-state index in [0.29, 0.717) is 5.56 Å². The molecule has 18 heavy (non-hydrogen) atoms. The molecule has 0 unspecified atom stereocenters. The Morgan fingerprint density at radius 2 is 1.78 bits per heavy atom. The number of hydrogen-bond acceptors (Lipinski definition) is 2. The molecule has 90 valence electrons. The molecule has 0 fully saturated rings. The van der Waals surface area contributed by atoms with E-state index in [1.54, 1.807) is 0 Å². The van der Waals surface area contributed by atoms with Crippen LogP contribution >= 0.6 is 15.9 Å². The summed E-state index contributed by atoms with van der Waals surface area (Å²) in [5.41, 5.74) is 3.03. The minimum absolute atomic E-state index is 0.688. The van der Waals surface area contributed by atoms with Crippen LogP contribution in [0.1, 0.15) is 11.1 Å². The van der Waals surface area contributed by atoms with Crippen LogP contribution < -0.4 is 4.90 Å². The summed E-state index contributed by atoms with van der Waals surface area (Å²) >= 11 is 3.55. The average Bonchev–Trinajstić information content (AvgIpc) is 2.41. The zero-order chi connectivity index (χ0) is 13.0. The summed E-state index contributed by atoms with van der Waals surface area (Å²) in [7, 11) is 2.04. The lowest BCUT2D eigenvalue weighted by Crippen LogP contribution is -2.16. The molecule has 0 spiro atoms. The summed E-state index contributed by atoms with van der Waals surface area (Å²) in [5, 5.41) is 8.77. The monoisotopic (exact) mass is 300 g/mol. The van der Waals surface area contributed by atoms with Crippen molar-refractivity contribution in [2.45, 2.75) is 6.54 Å². The van der Waals surface area contributed by atoms with E-state index in [4.69, 9.17) is 5.26 Å². The molecule has 3 heteroatoms. The first kappa shape index (κ1) is 12.7. The van der Waals surface area contributed by atoms with Crippen molar-refractivity contribution in [1.82, 2.24) is 0 Å². The van der Waals surface area contributed by atoms with Crippen molar-refractivity contribution in [3.8, 4) is 6.07 Å². The maximum absolute atomic E-state index is 8.77. The number of halogens is 1. The molecule has 0 atom stereocenters. The molecule has 0 radical (unpaired) electrons. The number of nitriles is 1. The zero-order valence-electron chi connectivity index (χ0n) is 10.1. The zero-order valence-corrected chi connectivity index (χ0v) is 11.7. The van der Waals surface area contributed by atoms with E-state index in [1.807, 2.05) is 49.5 Å². The third-order valence-corrected chi connectivity index (χ3v) is 3.58. The van der Waals surface area contributed by atoms with Crippen LogP contribution in [-0.2, 0) is 6.54 Å². The standard InChI is InChI=1S/C15H13BrN2/c1-18(11-13-4-2-3-5-15(13)16)14-8-6-12(10-17)7-9-14/h2-9H,11H2,1H3. The molecule has 0 aromatic heterocycles. The van der Waals surface area contributed by atoms with Gasteiger partial charge in [0.25, 0.3) is 0 Å². The average molecular weight is 301 g/mol. The van der Waals surface area contributed by atoms with Gasteiger partial charge in [0.1, 0.15) is 0 Å². The third kappa shape index (κ3) is 2.91. The molecular weight excluding hydrogens is 288 g/mol. The maximum Gasteiger partial charge on any atom is 0.0991 e. The normalized spacial score (nSPS) is 9.83. The van der Waals surface area contributed by atoms with Gasteiger partial charge in [-0.2, -0.15) is 5.26 Å². The van der Waals surface area contributed by atoms with Gasteiger partial charge in [-0.05, 0) is 35.9 Å². The van der Waals surface area contributed by atoms with Crippen molar-refractivity contribution in [2.75, 3.05) is 11.9 Å². The van der Waals surface area contributed by atoms with E-state index < -0.39 is 0 Å². The Bertz CT molecular complexity index is 570. The van der Waals surface area contributed by atoms with Gasteiger partial charge in [-0.15, -0.1) is 0 Å². The fourth-order valence-corrected chi connectivity index (χ4v) is 2.17. The van der Waals surface area contributed by atoms with Crippen molar-refractivity contribution in [3.05, 3.63) is 64.1 Å². The summed E-state index contributed by atoms with van der Waals surface area (Å²) in [5.74, 6) is 0. The van der Waals surface area contributed by atoms with E-state index in [0.717, 1.165) is 16.7 Å². The van der Waals surface area contributed by atoms with Gasteiger partial charge in [0.2, 0.25) is 0 Å². The first-order valence-electron chi connectivity index (χ1n) is 5.65. The van der Waals surface area contributed by atoms with Crippen LogP contribution in [0.25, 0.3) is 0 Å². The van der Waals surface area contributed by atoms with Crippen LogP contribution in [-0.4, -0.2) is 7.05 Å². The highest BCUT2D eigenvalue weighted by molar-refractivity contribution is 9.10. The van der Waals surface area contributed by atoms with Gasteiger partial charge in [0.05, 0.1) is 11.6 Å². The lowest BCUT2D eigenvalue weighted by molar-refractivity contribution is 0.918. The van der Waals surface area contributed by atoms with Gasteiger partial charge in [-0.25, -0.2) is 0 Å². The molecule has 2 aromatic rings. The summed E-state index contributed by atoms with van der Waals surface area (Å²) in [4.78, 5) is 2.15. The SMILES string of the molecule is CN(Cc1ccccc1Br)c1ccc(C#N)cc1. The van der Waals surface area contributed by atoms with Gasteiger partial charge in [-0.1, -0.05) is 34.1 Å². The molecule has 2 rings (SSSR count). The number of rotatable bonds is 3. The number of anilines is 1. The van der Waals surface area contributed by atoms with Crippen LogP contribution in [0.3, 0.4) is 0 Å².